The lowest BCUT2D eigenvalue weighted by Crippen LogP contribution is -2.48. The van der Waals surface area contributed by atoms with Gasteiger partial charge in [-0.25, -0.2) is 4.52 Å². The van der Waals surface area contributed by atoms with Gasteiger partial charge < -0.3 is 4.90 Å². The fourth-order valence-electron chi connectivity index (χ4n) is 3.11. The van der Waals surface area contributed by atoms with Gasteiger partial charge in [0.05, 0.1) is 16.1 Å². The number of carbonyl (C=O) groups is 1. The van der Waals surface area contributed by atoms with Gasteiger partial charge in [-0.2, -0.15) is 5.10 Å². The van der Waals surface area contributed by atoms with Gasteiger partial charge in [0, 0.05) is 38.9 Å². The molecule has 0 atom stereocenters. The van der Waals surface area contributed by atoms with Gasteiger partial charge in [0.1, 0.15) is 0 Å². The van der Waals surface area contributed by atoms with Crippen molar-refractivity contribution >= 4 is 22.8 Å². The molecule has 3 aromatic heterocycles. The zero-order chi connectivity index (χ0) is 16.5. The summed E-state index contributed by atoms with van der Waals surface area (Å²) >= 11 is 1.54. The topological polar surface area (TPSA) is 40.9 Å². The van der Waals surface area contributed by atoms with Crippen LogP contribution in [0.1, 0.15) is 20.9 Å². The van der Waals surface area contributed by atoms with Gasteiger partial charge in [0.2, 0.25) is 0 Å². The molecule has 3 aromatic rings. The molecule has 0 aliphatic carbocycles. The standard InChI is InChI=1S/C18H20N4OS/c1-14-10-17(24-13-14)18(23)21-8-6-20(7-9-21)12-15-11-16-4-2-3-5-22(16)19-15/h2-5,10-11,13H,6-9,12H2,1H3. The number of aryl methyl sites for hydroxylation is 1. The maximum absolute atomic E-state index is 12.5. The molecule has 0 aromatic carbocycles. The van der Waals surface area contributed by atoms with Crippen molar-refractivity contribution in [1.82, 2.24) is 19.4 Å². The average molecular weight is 340 g/mol. The van der Waals surface area contributed by atoms with Crippen molar-refractivity contribution in [2.45, 2.75) is 13.5 Å². The van der Waals surface area contributed by atoms with E-state index >= 15 is 0 Å². The van der Waals surface area contributed by atoms with Gasteiger partial charge >= 0.3 is 0 Å². The maximum atomic E-state index is 12.5. The van der Waals surface area contributed by atoms with Gasteiger partial charge in [-0.1, -0.05) is 6.07 Å². The first-order valence-electron chi connectivity index (χ1n) is 8.19. The van der Waals surface area contributed by atoms with Crippen LogP contribution in [0, 0.1) is 6.92 Å². The number of hydrogen-bond acceptors (Lipinski definition) is 4. The average Bonchev–Trinajstić information content (AvgIpc) is 3.20. The van der Waals surface area contributed by atoms with Crippen LogP contribution >= 0.6 is 11.3 Å². The SMILES string of the molecule is Cc1csc(C(=O)N2CCN(Cc3cc4ccccn4n3)CC2)c1. The van der Waals surface area contributed by atoms with Gasteiger partial charge in [-0.15, -0.1) is 11.3 Å². The smallest absolute Gasteiger partial charge is 0.264 e. The van der Waals surface area contributed by atoms with Gasteiger partial charge in [0.25, 0.3) is 5.91 Å². The lowest BCUT2D eigenvalue weighted by Gasteiger charge is -2.34. The Morgan fingerprint density at radius 1 is 1.21 bits per heavy atom. The summed E-state index contributed by atoms with van der Waals surface area (Å²) in [5.41, 5.74) is 3.36. The van der Waals surface area contributed by atoms with E-state index in [-0.39, 0.29) is 5.91 Å². The number of fused-ring (bicyclic) bond motifs is 1. The van der Waals surface area contributed by atoms with Crippen molar-refractivity contribution in [2.75, 3.05) is 26.2 Å². The molecule has 124 valence electrons. The molecule has 0 bridgehead atoms. The summed E-state index contributed by atoms with van der Waals surface area (Å²) in [5.74, 6) is 0.167. The number of rotatable bonds is 3. The van der Waals surface area contributed by atoms with Crippen LogP contribution in [0.4, 0.5) is 0 Å². The molecule has 6 heteroatoms. The van der Waals surface area contributed by atoms with Crippen molar-refractivity contribution in [3.8, 4) is 0 Å². The van der Waals surface area contributed by atoms with Crippen molar-refractivity contribution in [3.05, 3.63) is 58.0 Å². The molecular formula is C18H20N4OS. The van der Waals surface area contributed by atoms with E-state index in [9.17, 15) is 4.79 Å². The van der Waals surface area contributed by atoms with Gasteiger partial charge in [-0.3, -0.25) is 9.69 Å². The second-order valence-electron chi connectivity index (χ2n) is 6.26. The van der Waals surface area contributed by atoms with Crippen LogP contribution in [0.15, 0.2) is 41.9 Å². The molecule has 0 unspecified atom stereocenters. The third-order valence-corrected chi connectivity index (χ3v) is 5.44. The Bertz CT molecular complexity index is 828. The molecule has 1 aliphatic heterocycles. The van der Waals surface area contributed by atoms with Crippen molar-refractivity contribution in [3.63, 3.8) is 0 Å². The predicted octanol–water partition coefficient (Wildman–Crippen LogP) is 2.66. The Hall–Kier alpha value is -2.18. The van der Waals surface area contributed by atoms with E-state index in [1.807, 2.05) is 46.1 Å². The third-order valence-electron chi connectivity index (χ3n) is 4.41. The van der Waals surface area contributed by atoms with Crippen LogP contribution in [0.3, 0.4) is 0 Å². The summed E-state index contributed by atoms with van der Waals surface area (Å²) in [6.07, 6.45) is 1.97. The monoisotopic (exact) mass is 340 g/mol. The molecule has 0 radical (unpaired) electrons. The quantitative estimate of drug-likeness (QED) is 0.736. The first-order valence-corrected chi connectivity index (χ1v) is 9.07. The number of amides is 1. The maximum Gasteiger partial charge on any atom is 0.264 e. The fourth-order valence-corrected chi connectivity index (χ4v) is 3.97. The summed E-state index contributed by atoms with van der Waals surface area (Å²) in [6, 6.07) is 10.2. The molecule has 5 nitrogen and oxygen atoms in total. The molecule has 0 N–H and O–H groups in total. The largest absolute Gasteiger partial charge is 0.335 e. The number of hydrogen-bond donors (Lipinski definition) is 0. The number of nitrogens with zero attached hydrogens (tertiary/aromatic N) is 4. The second-order valence-corrected chi connectivity index (χ2v) is 7.17. The van der Waals surface area contributed by atoms with Gasteiger partial charge in [-0.05, 0) is 42.1 Å². The van der Waals surface area contributed by atoms with Crippen molar-refractivity contribution < 1.29 is 4.79 Å². The third kappa shape index (κ3) is 3.07. The molecule has 1 fully saturated rings. The molecule has 0 spiro atoms. The minimum Gasteiger partial charge on any atom is -0.335 e. The van der Waals surface area contributed by atoms with E-state index in [0.717, 1.165) is 54.4 Å². The highest BCUT2D eigenvalue weighted by Crippen LogP contribution is 2.18. The first-order chi connectivity index (χ1) is 11.7. The minimum atomic E-state index is 0.167. The van der Waals surface area contributed by atoms with Crippen LogP contribution in [0.25, 0.3) is 5.52 Å². The van der Waals surface area contributed by atoms with E-state index in [0.29, 0.717) is 0 Å². The van der Waals surface area contributed by atoms with Crippen LogP contribution in [0.5, 0.6) is 0 Å². The highest BCUT2D eigenvalue weighted by Gasteiger charge is 2.23. The number of carbonyl (C=O) groups excluding carboxylic acids is 1. The number of piperazine rings is 1. The molecule has 1 amide bonds. The minimum absolute atomic E-state index is 0.167. The van der Waals surface area contributed by atoms with E-state index in [2.05, 4.69) is 22.1 Å². The summed E-state index contributed by atoms with van der Waals surface area (Å²) in [7, 11) is 0. The number of thiophene rings is 1. The van der Waals surface area contributed by atoms with E-state index in [1.54, 1.807) is 0 Å². The van der Waals surface area contributed by atoms with Crippen LogP contribution in [-0.4, -0.2) is 51.5 Å². The van der Waals surface area contributed by atoms with E-state index < -0.39 is 0 Å². The Labute approximate surface area is 145 Å². The Kier molecular flexibility index (Phi) is 4.08. The number of aromatic nitrogens is 2. The molecule has 4 heterocycles. The second kappa shape index (κ2) is 6.37. The fraction of sp³-hybridized carbons (Fsp3) is 0.333. The predicted molar refractivity (Wildman–Crippen MR) is 95.4 cm³/mol. The van der Waals surface area contributed by atoms with E-state index in [1.165, 1.54) is 11.3 Å². The first kappa shape index (κ1) is 15.4. The highest BCUT2D eigenvalue weighted by molar-refractivity contribution is 7.12. The lowest BCUT2D eigenvalue weighted by molar-refractivity contribution is 0.0631. The molecule has 24 heavy (non-hydrogen) atoms. The normalized spacial score (nSPS) is 16.0. The summed E-state index contributed by atoms with van der Waals surface area (Å²) in [6.45, 7) is 6.21. The summed E-state index contributed by atoms with van der Waals surface area (Å²) in [5, 5.41) is 6.64. The molecule has 1 aliphatic rings. The Balaban J connectivity index is 1.36. The van der Waals surface area contributed by atoms with Crippen LogP contribution in [-0.2, 0) is 6.54 Å². The van der Waals surface area contributed by atoms with E-state index in [4.69, 9.17) is 0 Å². The highest BCUT2D eigenvalue weighted by atomic mass is 32.1. The summed E-state index contributed by atoms with van der Waals surface area (Å²) in [4.78, 5) is 17.7. The van der Waals surface area contributed by atoms with Crippen molar-refractivity contribution in [1.29, 1.82) is 0 Å². The van der Waals surface area contributed by atoms with Crippen molar-refractivity contribution in [2.24, 2.45) is 0 Å². The Morgan fingerprint density at radius 3 is 2.75 bits per heavy atom. The van der Waals surface area contributed by atoms with Gasteiger partial charge in [0.15, 0.2) is 0 Å². The number of pyridine rings is 1. The van der Waals surface area contributed by atoms with Crippen LogP contribution in [0.2, 0.25) is 0 Å². The molecule has 1 saturated heterocycles. The lowest BCUT2D eigenvalue weighted by atomic mass is 10.2. The zero-order valence-electron chi connectivity index (χ0n) is 13.7. The molecule has 0 saturated carbocycles. The molecular weight excluding hydrogens is 320 g/mol. The molecule has 4 rings (SSSR count). The zero-order valence-corrected chi connectivity index (χ0v) is 14.5. The van der Waals surface area contributed by atoms with Crippen LogP contribution < -0.4 is 0 Å². The summed E-state index contributed by atoms with van der Waals surface area (Å²) < 4.78 is 1.91. The Morgan fingerprint density at radius 2 is 2.04 bits per heavy atom.